The highest BCUT2D eigenvalue weighted by molar-refractivity contribution is 6.33. The molecular formula is C33H39ClF3N5O5. The monoisotopic (exact) mass is 677 g/mol. The van der Waals surface area contributed by atoms with Gasteiger partial charge in [-0.15, -0.1) is 0 Å². The minimum Gasteiger partial charge on any atom is -0.438 e. The smallest absolute Gasteiger partial charge is 0.418 e. The summed E-state index contributed by atoms with van der Waals surface area (Å²) in [4.78, 5) is 42.9. The van der Waals surface area contributed by atoms with Crippen molar-refractivity contribution in [3.05, 3.63) is 58.1 Å². The zero-order valence-electron chi connectivity index (χ0n) is 25.9. The van der Waals surface area contributed by atoms with Gasteiger partial charge in [0.2, 0.25) is 0 Å². The number of para-hydroxylation sites is 1. The summed E-state index contributed by atoms with van der Waals surface area (Å²) in [6.07, 6.45) is -3.38. The van der Waals surface area contributed by atoms with Gasteiger partial charge in [0.05, 0.1) is 22.0 Å². The standard InChI is InChI=1S/C33H39ClF3N5O5/c34-25-18-20(17-24(28(25)38)33(35,36)37)19-27(29(43)41-13-7-22(8-14-41)21-5-11-39-12-6-21)46-31(45)42-15-9-32(10-16-42)23-3-1-2-4-26(23)40-30(44)47-32/h1-4,17-18,21-22,27,39H,5-16,19,38H2,(H,40,44)/t27-/m1/s1. The number of rotatable bonds is 5. The fraction of sp³-hybridized carbons (Fsp3) is 0.545. The third-order valence-corrected chi connectivity index (χ3v) is 10.4. The maximum atomic E-state index is 13.9. The van der Waals surface area contributed by atoms with E-state index in [0.717, 1.165) is 50.4 Å². The molecule has 47 heavy (non-hydrogen) atoms. The number of nitrogen functional groups attached to an aromatic ring is 1. The van der Waals surface area contributed by atoms with Crippen LogP contribution in [-0.2, 0) is 32.5 Å². The van der Waals surface area contributed by atoms with Crippen LogP contribution in [0.5, 0.6) is 0 Å². The number of hydrogen-bond donors (Lipinski definition) is 3. The molecule has 1 atom stereocenters. The molecule has 0 aliphatic carbocycles. The van der Waals surface area contributed by atoms with Crippen molar-refractivity contribution in [3.8, 4) is 0 Å². The SMILES string of the molecule is Nc1c(Cl)cc(C[C@@H](OC(=O)N2CCC3(CC2)OC(=O)Nc2ccccc23)C(=O)N2CCC(C3CCNCC3)CC2)cc1C(F)(F)F. The van der Waals surface area contributed by atoms with Crippen LogP contribution in [0.15, 0.2) is 36.4 Å². The van der Waals surface area contributed by atoms with Crippen LogP contribution >= 0.6 is 11.6 Å². The Kier molecular flexibility index (Phi) is 9.48. The van der Waals surface area contributed by atoms with Crippen LogP contribution in [0.4, 0.5) is 34.1 Å². The van der Waals surface area contributed by atoms with Crippen molar-refractivity contribution in [3.63, 3.8) is 0 Å². The Bertz CT molecular complexity index is 1500. The van der Waals surface area contributed by atoms with Crippen LogP contribution < -0.4 is 16.4 Å². The van der Waals surface area contributed by atoms with Crippen molar-refractivity contribution in [2.75, 3.05) is 50.3 Å². The first-order valence-electron chi connectivity index (χ1n) is 16.1. The number of benzene rings is 2. The summed E-state index contributed by atoms with van der Waals surface area (Å²) in [6, 6.07) is 9.45. The Morgan fingerprint density at radius 2 is 1.68 bits per heavy atom. The van der Waals surface area contributed by atoms with Crippen LogP contribution in [0.1, 0.15) is 55.2 Å². The van der Waals surface area contributed by atoms with Crippen LogP contribution in [0.25, 0.3) is 0 Å². The largest absolute Gasteiger partial charge is 0.438 e. The normalized spacial score (nSPS) is 21.1. The topological polar surface area (TPSA) is 126 Å². The number of anilines is 2. The third kappa shape index (κ3) is 7.11. The number of carbonyl (C=O) groups excluding carboxylic acids is 3. The lowest BCUT2D eigenvalue weighted by molar-refractivity contribution is -0.143. The third-order valence-electron chi connectivity index (χ3n) is 10.1. The second-order valence-electron chi connectivity index (χ2n) is 12.9. The van der Waals surface area contributed by atoms with E-state index < -0.39 is 47.2 Å². The van der Waals surface area contributed by atoms with Gasteiger partial charge in [0.1, 0.15) is 5.60 Å². The Balaban J connectivity index is 1.18. The summed E-state index contributed by atoms with van der Waals surface area (Å²) in [5, 5.41) is 5.78. The fourth-order valence-corrected chi connectivity index (χ4v) is 7.75. The highest BCUT2D eigenvalue weighted by Gasteiger charge is 2.46. The minimum atomic E-state index is -4.77. The average Bonchev–Trinajstić information content (AvgIpc) is 3.06. The first kappa shape index (κ1) is 33.2. The minimum absolute atomic E-state index is 0.0723. The number of fused-ring (bicyclic) bond motifs is 2. The lowest BCUT2D eigenvalue weighted by Crippen LogP contribution is -2.52. The number of amides is 3. The highest BCUT2D eigenvalue weighted by Crippen LogP contribution is 2.44. The van der Waals surface area contributed by atoms with E-state index in [0.29, 0.717) is 43.5 Å². The fourth-order valence-electron chi connectivity index (χ4n) is 7.51. The van der Waals surface area contributed by atoms with E-state index in [-0.39, 0.29) is 30.1 Å². The Hall–Kier alpha value is -3.71. The molecular weight excluding hydrogens is 639 g/mol. The molecule has 254 valence electrons. The molecule has 4 heterocycles. The van der Waals surface area contributed by atoms with Crippen molar-refractivity contribution in [2.24, 2.45) is 11.8 Å². The van der Waals surface area contributed by atoms with Crippen LogP contribution in [0, 0.1) is 11.8 Å². The number of carbonyl (C=O) groups is 3. The van der Waals surface area contributed by atoms with Crippen LogP contribution in [0.3, 0.4) is 0 Å². The number of halogens is 4. The first-order chi connectivity index (χ1) is 22.4. The van der Waals surface area contributed by atoms with Crippen molar-refractivity contribution in [1.29, 1.82) is 0 Å². The maximum absolute atomic E-state index is 13.9. The highest BCUT2D eigenvalue weighted by atomic mass is 35.5. The van der Waals surface area contributed by atoms with Gasteiger partial charge in [-0.05, 0) is 74.4 Å². The van der Waals surface area contributed by atoms with Crippen LogP contribution in [-0.4, -0.2) is 73.3 Å². The lowest BCUT2D eigenvalue weighted by Gasteiger charge is -2.44. The van der Waals surface area contributed by atoms with E-state index in [1.807, 2.05) is 18.2 Å². The van der Waals surface area contributed by atoms with Crippen molar-refractivity contribution in [1.82, 2.24) is 15.1 Å². The Labute approximate surface area is 276 Å². The molecule has 3 fully saturated rings. The first-order valence-corrected chi connectivity index (χ1v) is 16.5. The van der Waals surface area contributed by atoms with Gasteiger partial charge in [-0.3, -0.25) is 10.1 Å². The number of nitrogens with zero attached hydrogens (tertiary/aromatic N) is 2. The molecule has 4 N–H and O–H groups in total. The molecule has 4 aliphatic rings. The van der Waals surface area contributed by atoms with E-state index in [1.165, 1.54) is 11.0 Å². The number of alkyl halides is 3. The number of hydrogen-bond acceptors (Lipinski definition) is 7. The summed E-state index contributed by atoms with van der Waals surface area (Å²) >= 11 is 6.09. The zero-order chi connectivity index (χ0) is 33.3. The molecule has 1 spiro atoms. The number of nitrogens with two attached hydrogens (primary N) is 1. The predicted octanol–water partition coefficient (Wildman–Crippen LogP) is 5.78. The van der Waals surface area contributed by atoms with E-state index in [9.17, 15) is 27.6 Å². The van der Waals surface area contributed by atoms with Crippen LogP contribution in [0.2, 0.25) is 5.02 Å². The predicted molar refractivity (Wildman–Crippen MR) is 169 cm³/mol. The molecule has 14 heteroatoms. The Morgan fingerprint density at radius 3 is 2.36 bits per heavy atom. The second-order valence-corrected chi connectivity index (χ2v) is 13.3. The molecule has 2 aromatic rings. The summed E-state index contributed by atoms with van der Waals surface area (Å²) in [7, 11) is 0. The average molecular weight is 678 g/mol. The van der Waals surface area contributed by atoms with Gasteiger partial charge in [-0.25, -0.2) is 9.59 Å². The zero-order valence-corrected chi connectivity index (χ0v) is 26.7. The van der Waals surface area contributed by atoms with Gasteiger partial charge < -0.3 is 30.3 Å². The van der Waals surface area contributed by atoms with E-state index in [4.69, 9.17) is 26.8 Å². The quantitative estimate of drug-likeness (QED) is 0.343. The van der Waals surface area contributed by atoms with E-state index >= 15 is 0 Å². The van der Waals surface area contributed by atoms with Gasteiger partial charge in [0.15, 0.2) is 6.10 Å². The van der Waals surface area contributed by atoms with Gasteiger partial charge >= 0.3 is 18.4 Å². The number of piperidine rings is 3. The van der Waals surface area contributed by atoms with Crippen molar-refractivity contribution in [2.45, 2.75) is 62.8 Å². The molecule has 3 saturated heterocycles. The maximum Gasteiger partial charge on any atom is 0.418 e. The molecule has 0 bridgehead atoms. The number of likely N-dealkylation sites (tertiary alicyclic amines) is 2. The van der Waals surface area contributed by atoms with E-state index in [2.05, 4.69) is 10.6 Å². The van der Waals surface area contributed by atoms with Gasteiger partial charge in [0, 0.05) is 51.0 Å². The number of nitrogens with one attached hydrogen (secondary N) is 2. The molecule has 2 aromatic carbocycles. The van der Waals surface area contributed by atoms with E-state index in [1.54, 1.807) is 11.0 Å². The molecule has 0 aromatic heterocycles. The molecule has 10 nitrogen and oxygen atoms in total. The number of ether oxygens (including phenoxy) is 2. The van der Waals surface area contributed by atoms with Crippen molar-refractivity contribution < 1.29 is 37.0 Å². The molecule has 0 unspecified atom stereocenters. The summed E-state index contributed by atoms with van der Waals surface area (Å²) in [6.45, 7) is 3.26. The molecule has 4 aliphatic heterocycles. The van der Waals surface area contributed by atoms with Gasteiger partial charge in [0.25, 0.3) is 5.91 Å². The van der Waals surface area contributed by atoms with Gasteiger partial charge in [-0.2, -0.15) is 13.2 Å². The summed E-state index contributed by atoms with van der Waals surface area (Å²) in [5.74, 6) is 0.619. The van der Waals surface area contributed by atoms with Crippen molar-refractivity contribution >= 4 is 41.1 Å². The molecule has 6 rings (SSSR count). The summed E-state index contributed by atoms with van der Waals surface area (Å²) in [5.41, 5.74) is 4.53. The molecule has 3 amide bonds. The lowest BCUT2D eigenvalue weighted by atomic mass is 9.79. The summed E-state index contributed by atoms with van der Waals surface area (Å²) < 4.78 is 52.9. The Morgan fingerprint density at radius 1 is 1.02 bits per heavy atom. The molecule has 0 saturated carbocycles. The second kappa shape index (κ2) is 13.4. The molecule has 0 radical (unpaired) electrons. The van der Waals surface area contributed by atoms with Gasteiger partial charge in [-0.1, -0.05) is 29.8 Å².